The van der Waals surface area contributed by atoms with E-state index in [1.54, 1.807) is 7.11 Å². The number of methoxy groups -OCH3 is 1. The van der Waals surface area contributed by atoms with Gasteiger partial charge in [0.25, 0.3) is 0 Å². The van der Waals surface area contributed by atoms with E-state index in [1.807, 2.05) is 23.1 Å². The Kier molecular flexibility index (Phi) is 6.77. The topological polar surface area (TPSA) is 63.3 Å². The summed E-state index contributed by atoms with van der Waals surface area (Å²) in [5.74, 6) is 1.43. The first-order valence-corrected chi connectivity index (χ1v) is 11.0. The van der Waals surface area contributed by atoms with E-state index in [0.717, 1.165) is 63.3 Å². The van der Waals surface area contributed by atoms with Gasteiger partial charge in [0.2, 0.25) is 0 Å². The molecule has 3 aliphatic rings. The summed E-state index contributed by atoms with van der Waals surface area (Å²) in [5, 5.41) is 3.09. The summed E-state index contributed by atoms with van der Waals surface area (Å²) in [5.41, 5.74) is 0.753. The van der Waals surface area contributed by atoms with Crippen LogP contribution in [0.1, 0.15) is 38.5 Å². The molecule has 0 saturated carbocycles. The van der Waals surface area contributed by atoms with Crippen molar-refractivity contribution in [2.45, 2.75) is 50.7 Å². The van der Waals surface area contributed by atoms with Gasteiger partial charge in [-0.25, -0.2) is 4.79 Å². The molecule has 160 valence electrons. The molecule has 0 aromatic heterocycles. The third-order valence-electron chi connectivity index (χ3n) is 6.27. The molecular weight excluding hydrogens is 370 g/mol. The van der Waals surface area contributed by atoms with E-state index < -0.39 is 0 Å². The van der Waals surface area contributed by atoms with Gasteiger partial charge in [-0.1, -0.05) is 12.8 Å². The zero-order valence-electron chi connectivity index (χ0n) is 17.4. The molecule has 1 aromatic carbocycles. The Balaban J connectivity index is 1.39. The van der Waals surface area contributed by atoms with Crippen LogP contribution < -0.4 is 14.8 Å². The van der Waals surface area contributed by atoms with Crippen LogP contribution >= 0.6 is 0 Å². The number of rotatable bonds is 4. The van der Waals surface area contributed by atoms with E-state index in [0.29, 0.717) is 25.1 Å². The second-order valence-electron chi connectivity index (χ2n) is 8.22. The molecule has 2 saturated heterocycles. The van der Waals surface area contributed by atoms with Crippen LogP contribution in [0, 0.1) is 0 Å². The molecule has 2 fully saturated rings. The molecule has 4 rings (SSSR count). The second-order valence-corrected chi connectivity index (χ2v) is 8.22. The number of benzene rings is 1. The van der Waals surface area contributed by atoms with Gasteiger partial charge >= 0.3 is 6.03 Å². The molecule has 3 heterocycles. The van der Waals surface area contributed by atoms with Crippen molar-refractivity contribution in [1.29, 1.82) is 0 Å². The fraction of sp³-hybridized carbons (Fsp3) is 0.682. The van der Waals surface area contributed by atoms with Gasteiger partial charge in [-0.15, -0.1) is 0 Å². The number of fused-ring (bicyclic) bond motifs is 1. The Bertz CT molecular complexity index is 691. The first-order valence-electron chi connectivity index (χ1n) is 11.0. The van der Waals surface area contributed by atoms with Gasteiger partial charge in [0.05, 0.1) is 6.10 Å². The molecule has 7 nitrogen and oxygen atoms in total. The van der Waals surface area contributed by atoms with Gasteiger partial charge < -0.3 is 29.3 Å². The SMILES string of the molecule is COC1CCN(CC2CCCCCN2C(=O)Nc2ccc3c(c2)OCCO3)CC1. The van der Waals surface area contributed by atoms with Gasteiger partial charge in [-0.05, 0) is 37.8 Å². The maximum absolute atomic E-state index is 13.1. The number of hydrogen-bond acceptors (Lipinski definition) is 5. The smallest absolute Gasteiger partial charge is 0.322 e. The largest absolute Gasteiger partial charge is 0.486 e. The summed E-state index contributed by atoms with van der Waals surface area (Å²) in [6.07, 6.45) is 7.05. The van der Waals surface area contributed by atoms with Gasteiger partial charge in [0.15, 0.2) is 11.5 Å². The van der Waals surface area contributed by atoms with Crippen LogP contribution in [-0.2, 0) is 4.74 Å². The highest BCUT2D eigenvalue weighted by Crippen LogP contribution is 2.33. The van der Waals surface area contributed by atoms with E-state index in [9.17, 15) is 4.79 Å². The van der Waals surface area contributed by atoms with Crippen molar-refractivity contribution in [2.24, 2.45) is 0 Å². The molecular formula is C22H33N3O4. The predicted molar refractivity (Wildman–Crippen MR) is 112 cm³/mol. The Morgan fingerprint density at radius 2 is 1.86 bits per heavy atom. The lowest BCUT2D eigenvalue weighted by molar-refractivity contribution is 0.0336. The van der Waals surface area contributed by atoms with Crippen LogP contribution in [0.3, 0.4) is 0 Å². The zero-order chi connectivity index (χ0) is 20.1. The fourth-order valence-corrected chi connectivity index (χ4v) is 4.58. The summed E-state index contributed by atoms with van der Waals surface area (Å²) in [7, 11) is 1.80. The Labute approximate surface area is 173 Å². The number of piperidine rings is 1. The molecule has 29 heavy (non-hydrogen) atoms. The third kappa shape index (κ3) is 5.14. The van der Waals surface area contributed by atoms with Crippen molar-refractivity contribution in [3.8, 4) is 11.5 Å². The second kappa shape index (κ2) is 9.67. The molecule has 1 unspecified atom stereocenters. The molecule has 3 aliphatic heterocycles. The van der Waals surface area contributed by atoms with Gasteiger partial charge in [-0.3, -0.25) is 0 Å². The molecule has 0 spiro atoms. The minimum absolute atomic E-state index is 0.0136. The number of anilines is 1. The van der Waals surface area contributed by atoms with E-state index >= 15 is 0 Å². The maximum atomic E-state index is 13.1. The van der Waals surface area contributed by atoms with E-state index in [1.165, 1.54) is 12.8 Å². The Morgan fingerprint density at radius 1 is 1.07 bits per heavy atom. The number of nitrogens with zero attached hydrogens (tertiary/aromatic N) is 2. The van der Waals surface area contributed by atoms with Crippen molar-refractivity contribution in [1.82, 2.24) is 9.80 Å². The number of carbonyl (C=O) groups is 1. The van der Waals surface area contributed by atoms with Crippen LogP contribution in [0.2, 0.25) is 0 Å². The summed E-state index contributed by atoms with van der Waals surface area (Å²) in [4.78, 5) is 17.7. The molecule has 1 aromatic rings. The summed E-state index contributed by atoms with van der Waals surface area (Å²) >= 11 is 0. The molecule has 7 heteroatoms. The van der Waals surface area contributed by atoms with Crippen LogP contribution in [0.5, 0.6) is 11.5 Å². The minimum atomic E-state index is -0.0136. The highest BCUT2D eigenvalue weighted by atomic mass is 16.6. The molecule has 0 aliphatic carbocycles. The maximum Gasteiger partial charge on any atom is 0.322 e. The van der Waals surface area contributed by atoms with Gasteiger partial charge in [0, 0.05) is 51.1 Å². The monoisotopic (exact) mass is 403 g/mol. The lowest BCUT2D eigenvalue weighted by Gasteiger charge is -2.37. The molecule has 2 amide bonds. The van der Waals surface area contributed by atoms with Crippen molar-refractivity contribution in [2.75, 3.05) is 51.8 Å². The Morgan fingerprint density at radius 3 is 2.66 bits per heavy atom. The number of amides is 2. The summed E-state index contributed by atoms with van der Waals surface area (Å²) in [6, 6.07) is 5.85. The van der Waals surface area contributed by atoms with Crippen LogP contribution in [-0.4, -0.2) is 74.5 Å². The predicted octanol–water partition coefficient (Wildman–Crippen LogP) is 3.35. The molecule has 0 bridgehead atoms. The number of ether oxygens (including phenoxy) is 3. The lowest BCUT2D eigenvalue weighted by atomic mass is 10.0. The summed E-state index contributed by atoms with van der Waals surface area (Å²) < 4.78 is 16.7. The third-order valence-corrected chi connectivity index (χ3v) is 6.27. The first-order chi connectivity index (χ1) is 14.2. The molecule has 0 radical (unpaired) electrons. The van der Waals surface area contributed by atoms with E-state index in [4.69, 9.17) is 14.2 Å². The van der Waals surface area contributed by atoms with E-state index in [-0.39, 0.29) is 12.1 Å². The quantitative estimate of drug-likeness (QED) is 0.835. The highest BCUT2D eigenvalue weighted by Gasteiger charge is 2.29. The van der Waals surface area contributed by atoms with Crippen LogP contribution in [0.4, 0.5) is 10.5 Å². The number of nitrogens with one attached hydrogen (secondary N) is 1. The van der Waals surface area contributed by atoms with Crippen molar-refractivity contribution in [3.63, 3.8) is 0 Å². The average Bonchev–Trinajstić information content (AvgIpc) is 3.00. The van der Waals surface area contributed by atoms with Crippen LogP contribution in [0.15, 0.2) is 18.2 Å². The number of likely N-dealkylation sites (tertiary alicyclic amines) is 2. The van der Waals surface area contributed by atoms with Crippen molar-refractivity contribution in [3.05, 3.63) is 18.2 Å². The van der Waals surface area contributed by atoms with Crippen LogP contribution in [0.25, 0.3) is 0 Å². The number of hydrogen-bond donors (Lipinski definition) is 1. The van der Waals surface area contributed by atoms with Crippen molar-refractivity contribution < 1.29 is 19.0 Å². The normalized spacial score (nSPS) is 23.5. The van der Waals surface area contributed by atoms with Crippen molar-refractivity contribution >= 4 is 11.7 Å². The van der Waals surface area contributed by atoms with Gasteiger partial charge in [-0.2, -0.15) is 0 Å². The average molecular weight is 404 g/mol. The number of carbonyl (C=O) groups excluding carboxylic acids is 1. The molecule has 1 N–H and O–H groups in total. The summed E-state index contributed by atoms with van der Waals surface area (Å²) in [6.45, 7) is 4.97. The molecule has 1 atom stereocenters. The highest BCUT2D eigenvalue weighted by molar-refractivity contribution is 5.90. The standard InChI is InChI=1S/C22H33N3O4/c1-27-19-8-11-24(12-9-19)16-18-5-3-2-4-10-25(18)22(26)23-17-6-7-20-21(15-17)29-14-13-28-20/h6-7,15,18-19H,2-5,8-14,16H2,1H3,(H,23,26). The number of urea groups is 1. The lowest BCUT2D eigenvalue weighted by Crippen LogP contribution is -2.50. The Hall–Kier alpha value is -1.99. The first kappa shape index (κ1) is 20.3. The van der Waals surface area contributed by atoms with E-state index in [2.05, 4.69) is 10.2 Å². The zero-order valence-corrected chi connectivity index (χ0v) is 17.4. The minimum Gasteiger partial charge on any atom is -0.486 e. The fourth-order valence-electron chi connectivity index (χ4n) is 4.58. The van der Waals surface area contributed by atoms with Gasteiger partial charge in [0.1, 0.15) is 13.2 Å².